The van der Waals surface area contributed by atoms with E-state index in [1.54, 1.807) is 4.89 Å². The number of rotatable bonds is 2. The largest absolute Gasteiger partial charge is 0.503 e. The lowest BCUT2D eigenvalue weighted by atomic mass is 10.3. The maximum Gasteiger partial charge on any atom is 0.503 e. The van der Waals surface area contributed by atoms with Crippen LogP contribution in [0.15, 0.2) is 0 Å². The van der Waals surface area contributed by atoms with Crippen molar-refractivity contribution in [2.45, 2.75) is 18.2 Å². The van der Waals surface area contributed by atoms with Gasteiger partial charge in [-0.15, -0.1) is 0 Å². The van der Waals surface area contributed by atoms with Gasteiger partial charge in [0, 0.05) is 0 Å². The molecule has 122 valence electrons. The highest BCUT2D eigenvalue weighted by Gasteiger charge is 2.75. The lowest BCUT2D eigenvalue weighted by Crippen LogP contribution is -2.52. The van der Waals surface area contributed by atoms with E-state index in [1.807, 2.05) is 0 Å². The van der Waals surface area contributed by atoms with E-state index in [4.69, 9.17) is 35.3 Å². The van der Waals surface area contributed by atoms with E-state index in [0.29, 0.717) is 0 Å². The van der Waals surface area contributed by atoms with E-state index >= 15 is 0 Å². The zero-order chi connectivity index (χ0) is 17.4. The summed E-state index contributed by atoms with van der Waals surface area (Å²) >= 11 is 0. The highest BCUT2D eigenvalue weighted by molar-refractivity contribution is 5.53. The minimum atomic E-state index is -6.49. The summed E-state index contributed by atoms with van der Waals surface area (Å²) in [5, 5.41) is 35.0. The molecule has 0 atom stereocenters. The van der Waals surface area contributed by atoms with Gasteiger partial charge in [0.15, 0.2) is 0 Å². The Balaban J connectivity index is -0.000000297. The van der Waals surface area contributed by atoms with Crippen molar-refractivity contribution >= 4 is 12.3 Å². The van der Waals surface area contributed by atoms with Crippen LogP contribution in [0.3, 0.4) is 0 Å². The van der Waals surface area contributed by atoms with Crippen molar-refractivity contribution in [1.82, 2.24) is 0 Å². The molecule has 0 rings (SSSR count). The number of hydrogen-bond acceptors (Lipinski definition) is 4. The topological polar surface area (TPSA) is 145 Å². The van der Waals surface area contributed by atoms with E-state index in [0.717, 1.165) is 0 Å². The van der Waals surface area contributed by atoms with Crippen molar-refractivity contribution in [2.75, 3.05) is 0 Å². The van der Waals surface area contributed by atoms with Crippen LogP contribution >= 0.6 is 0 Å². The van der Waals surface area contributed by atoms with Gasteiger partial charge in [0.05, 0.1) is 0 Å². The summed E-state index contributed by atoms with van der Waals surface area (Å²) in [6.45, 7) is 0. The minimum absolute atomic E-state index is 1.73. The lowest BCUT2D eigenvalue weighted by Gasteiger charge is -2.24. The van der Waals surface area contributed by atoms with E-state index in [2.05, 4.69) is 0 Å². The second-order valence-corrected chi connectivity index (χ2v) is 2.25. The standard InChI is InChI=1S/C3HF7O2.2CH2O3/c4-1(5,2(6,7)8)3(9,10)12-11;2*2-1(3)4/h11H;2*(H2,2,3,4). The lowest BCUT2D eigenvalue weighted by molar-refractivity contribution is -0.501. The number of carboxylic acid groups (broad SMARTS) is 4. The Kier molecular flexibility index (Phi) is 9.47. The van der Waals surface area contributed by atoms with E-state index in [1.165, 1.54) is 0 Å². The molecule has 0 aliphatic heterocycles. The summed E-state index contributed by atoms with van der Waals surface area (Å²) in [4.78, 5) is 18.8. The maximum absolute atomic E-state index is 11.5. The molecule has 0 aliphatic rings. The Labute approximate surface area is 103 Å². The molecule has 0 heterocycles. The third-order valence-electron chi connectivity index (χ3n) is 0.836. The van der Waals surface area contributed by atoms with Crippen LogP contribution in [0.2, 0.25) is 0 Å². The van der Waals surface area contributed by atoms with Crippen molar-refractivity contribution in [3.05, 3.63) is 0 Å². The van der Waals surface area contributed by atoms with Crippen LogP contribution in [0.1, 0.15) is 0 Å². The second kappa shape index (κ2) is 8.20. The number of halogens is 7. The highest BCUT2D eigenvalue weighted by atomic mass is 19.4. The van der Waals surface area contributed by atoms with Gasteiger partial charge in [-0.2, -0.15) is 35.6 Å². The van der Waals surface area contributed by atoms with Crippen molar-refractivity contribution in [2.24, 2.45) is 0 Å². The maximum atomic E-state index is 11.5. The summed E-state index contributed by atoms with van der Waals surface area (Å²) in [5.74, 6) is -6.42. The van der Waals surface area contributed by atoms with Gasteiger partial charge in [0.1, 0.15) is 0 Å². The predicted octanol–water partition coefficient (Wildman–Crippen LogP) is 2.71. The molecular weight excluding hydrogens is 321 g/mol. The Morgan fingerprint density at radius 1 is 0.750 bits per heavy atom. The van der Waals surface area contributed by atoms with Gasteiger partial charge >= 0.3 is 30.5 Å². The summed E-state index contributed by atoms with van der Waals surface area (Å²) in [6.07, 6.45) is -16.1. The fourth-order valence-electron chi connectivity index (χ4n) is 0.222. The molecule has 0 fully saturated rings. The van der Waals surface area contributed by atoms with Gasteiger partial charge in [-0.05, 0) is 0 Å². The Morgan fingerprint density at radius 3 is 1.00 bits per heavy atom. The summed E-state index contributed by atoms with van der Waals surface area (Å²) < 4.78 is 79.4. The zero-order valence-corrected chi connectivity index (χ0v) is 8.61. The van der Waals surface area contributed by atoms with Crippen molar-refractivity contribution in [1.29, 1.82) is 0 Å². The number of carbonyl (C=O) groups is 2. The molecule has 0 aliphatic carbocycles. The monoisotopic (exact) mass is 326 g/mol. The molecule has 0 amide bonds. The first-order valence-electron chi connectivity index (χ1n) is 3.51. The quantitative estimate of drug-likeness (QED) is 0.296. The SMILES string of the molecule is O=C(O)O.O=C(O)O.OOC(F)(F)C(F)(F)C(F)(F)F. The van der Waals surface area contributed by atoms with Gasteiger partial charge in [0.25, 0.3) is 0 Å². The molecule has 0 saturated heterocycles. The average Bonchev–Trinajstić information content (AvgIpc) is 2.13. The molecule has 20 heavy (non-hydrogen) atoms. The minimum Gasteiger partial charge on any atom is -0.450 e. The summed E-state index contributed by atoms with van der Waals surface area (Å²) in [6, 6.07) is 0. The van der Waals surface area contributed by atoms with Gasteiger partial charge < -0.3 is 20.4 Å². The van der Waals surface area contributed by atoms with Crippen molar-refractivity contribution < 1.29 is 70.9 Å². The number of hydrogen-bond donors (Lipinski definition) is 5. The Hall–Kier alpha value is -2.03. The molecule has 8 nitrogen and oxygen atoms in total. The van der Waals surface area contributed by atoms with Crippen LogP contribution in [0, 0.1) is 0 Å². The zero-order valence-electron chi connectivity index (χ0n) is 8.61. The first-order valence-corrected chi connectivity index (χ1v) is 3.51. The molecule has 15 heteroatoms. The molecule has 0 saturated carbocycles. The average molecular weight is 326 g/mol. The second-order valence-electron chi connectivity index (χ2n) is 2.25. The smallest absolute Gasteiger partial charge is 0.450 e. The van der Waals surface area contributed by atoms with Gasteiger partial charge in [-0.3, -0.25) is 0 Å². The van der Waals surface area contributed by atoms with E-state index < -0.39 is 30.5 Å². The van der Waals surface area contributed by atoms with Crippen molar-refractivity contribution in [3.63, 3.8) is 0 Å². The van der Waals surface area contributed by atoms with Crippen LogP contribution < -0.4 is 0 Å². The fourth-order valence-corrected chi connectivity index (χ4v) is 0.222. The molecule has 0 aromatic carbocycles. The van der Waals surface area contributed by atoms with Gasteiger partial charge in [-0.1, -0.05) is 0 Å². The Bertz CT molecular complexity index is 293. The molecule has 0 unspecified atom stereocenters. The molecule has 0 aromatic rings. The summed E-state index contributed by atoms with van der Waals surface area (Å²) in [7, 11) is 0. The predicted molar refractivity (Wildman–Crippen MR) is 41.0 cm³/mol. The van der Waals surface area contributed by atoms with Crippen LogP contribution in [0.4, 0.5) is 40.3 Å². The van der Waals surface area contributed by atoms with Gasteiger partial charge in [0.2, 0.25) is 0 Å². The molecule has 0 spiro atoms. The fraction of sp³-hybridized carbons (Fsp3) is 0.600. The molecular formula is C5H5F7O8. The normalized spacial score (nSPS) is 11.4. The third kappa shape index (κ3) is 9.95. The molecule has 5 N–H and O–H groups in total. The molecule has 0 aromatic heterocycles. The van der Waals surface area contributed by atoms with Gasteiger partial charge in [-0.25, -0.2) is 14.8 Å². The van der Waals surface area contributed by atoms with Crippen LogP contribution in [-0.2, 0) is 4.89 Å². The van der Waals surface area contributed by atoms with Crippen LogP contribution in [0.5, 0.6) is 0 Å². The third-order valence-corrected chi connectivity index (χ3v) is 0.836. The van der Waals surface area contributed by atoms with Crippen LogP contribution in [-0.4, -0.2) is 56.2 Å². The van der Waals surface area contributed by atoms with E-state index in [9.17, 15) is 30.7 Å². The van der Waals surface area contributed by atoms with Crippen LogP contribution in [0.25, 0.3) is 0 Å². The van der Waals surface area contributed by atoms with Crippen molar-refractivity contribution in [3.8, 4) is 0 Å². The van der Waals surface area contributed by atoms with E-state index in [-0.39, 0.29) is 0 Å². The molecule has 0 bridgehead atoms. The Morgan fingerprint density at radius 2 is 0.950 bits per heavy atom. The number of alkyl halides is 7. The highest BCUT2D eigenvalue weighted by Crippen LogP contribution is 2.46. The first kappa shape index (κ1) is 23.1. The first-order chi connectivity index (χ1) is 8.52. The molecule has 0 radical (unpaired) electrons. The summed E-state index contributed by atoms with van der Waals surface area (Å²) in [5.41, 5.74) is 0.